The summed E-state index contributed by atoms with van der Waals surface area (Å²) in [7, 11) is 1.65. The molecule has 4 rings (SSSR count). The Balaban J connectivity index is 1.80. The van der Waals surface area contributed by atoms with Crippen molar-refractivity contribution < 1.29 is 4.74 Å². The fraction of sp³-hybridized carbons (Fsp3) is 0.111. The van der Waals surface area contributed by atoms with E-state index in [-0.39, 0.29) is 0 Å². The van der Waals surface area contributed by atoms with Crippen molar-refractivity contribution in [2.75, 3.05) is 7.11 Å². The standard InChI is InChI=1S/C18H13Cl2N3O/c1-24-13-5-2-11(3-6-13)9-23-10-15-14-8-12(19)4-7-16(14)21-18(20)17(15)22-23/h2-8,10H,9H2,1H3. The van der Waals surface area contributed by atoms with Gasteiger partial charge in [0.2, 0.25) is 0 Å². The topological polar surface area (TPSA) is 39.9 Å². The van der Waals surface area contributed by atoms with Gasteiger partial charge < -0.3 is 4.74 Å². The Morgan fingerprint density at radius 3 is 2.58 bits per heavy atom. The van der Waals surface area contributed by atoms with E-state index < -0.39 is 0 Å². The Bertz CT molecular complexity index is 1040. The first-order valence-electron chi connectivity index (χ1n) is 7.39. The molecule has 0 atom stereocenters. The quantitative estimate of drug-likeness (QED) is 0.487. The van der Waals surface area contributed by atoms with Crippen LogP contribution in [0.25, 0.3) is 21.8 Å². The van der Waals surface area contributed by atoms with E-state index in [2.05, 4.69) is 10.1 Å². The third-order valence-corrected chi connectivity index (χ3v) is 4.43. The van der Waals surface area contributed by atoms with Gasteiger partial charge in [0, 0.05) is 22.0 Å². The second-order valence-corrected chi connectivity index (χ2v) is 6.30. The maximum absolute atomic E-state index is 6.30. The first-order valence-corrected chi connectivity index (χ1v) is 8.14. The molecule has 6 heteroatoms. The Hall–Kier alpha value is -2.30. The molecular formula is C18H13Cl2N3O. The van der Waals surface area contributed by atoms with E-state index in [0.717, 1.165) is 27.6 Å². The molecule has 0 saturated heterocycles. The van der Waals surface area contributed by atoms with E-state index in [1.54, 1.807) is 13.2 Å². The van der Waals surface area contributed by atoms with Gasteiger partial charge >= 0.3 is 0 Å². The van der Waals surface area contributed by atoms with Crippen molar-refractivity contribution in [3.63, 3.8) is 0 Å². The molecule has 0 radical (unpaired) electrons. The van der Waals surface area contributed by atoms with Crippen LogP contribution in [0.1, 0.15) is 5.56 Å². The van der Waals surface area contributed by atoms with Crippen LogP contribution in [0, 0.1) is 0 Å². The zero-order chi connectivity index (χ0) is 16.7. The molecule has 0 spiro atoms. The summed E-state index contributed by atoms with van der Waals surface area (Å²) in [4.78, 5) is 4.40. The van der Waals surface area contributed by atoms with Crippen LogP contribution in [-0.2, 0) is 6.54 Å². The average molecular weight is 358 g/mol. The lowest BCUT2D eigenvalue weighted by Crippen LogP contribution is -1.99. The lowest BCUT2D eigenvalue weighted by atomic mass is 10.1. The number of halogens is 2. The van der Waals surface area contributed by atoms with Gasteiger partial charge in [0.05, 0.1) is 19.2 Å². The highest BCUT2D eigenvalue weighted by Gasteiger charge is 2.12. The lowest BCUT2D eigenvalue weighted by molar-refractivity contribution is 0.414. The number of methoxy groups -OCH3 is 1. The fourth-order valence-corrected chi connectivity index (χ4v) is 3.15. The van der Waals surface area contributed by atoms with Crippen LogP contribution in [0.15, 0.2) is 48.7 Å². The summed E-state index contributed by atoms with van der Waals surface area (Å²) >= 11 is 12.4. The SMILES string of the molecule is COc1ccc(Cn2cc3c(n2)c(Cl)nc2ccc(Cl)cc23)cc1. The molecule has 0 aliphatic heterocycles. The van der Waals surface area contributed by atoms with Crippen molar-refractivity contribution in [1.82, 2.24) is 14.8 Å². The molecule has 2 aromatic carbocycles. The van der Waals surface area contributed by atoms with Gasteiger partial charge in [-0.3, -0.25) is 4.68 Å². The summed E-state index contributed by atoms with van der Waals surface area (Å²) < 4.78 is 7.04. The summed E-state index contributed by atoms with van der Waals surface area (Å²) in [6, 6.07) is 13.5. The second-order valence-electron chi connectivity index (χ2n) is 5.50. The first-order chi connectivity index (χ1) is 11.6. The number of fused-ring (bicyclic) bond motifs is 3. The number of hydrogen-bond donors (Lipinski definition) is 0. The maximum Gasteiger partial charge on any atom is 0.157 e. The fourth-order valence-electron chi connectivity index (χ4n) is 2.75. The molecule has 4 aromatic rings. The van der Waals surface area contributed by atoms with Crippen molar-refractivity contribution in [2.45, 2.75) is 6.54 Å². The predicted molar refractivity (Wildman–Crippen MR) is 97.2 cm³/mol. The number of aromatic nitrogens is 3. The summed E-state index contributed by atoms with van der Waals surface area (Å²) in [5.41, 5.74) is 2.61. The van der Waals surface area contributed by atoms with E-state index in [9.17, 15) is 0 Å². The third kappa shape index (κ3) is 2.68. The molecule has 120 valence electrons. The van der Waals surface area contributed by atoms with Gasteiger partial charge in [0.25, 0.3) is 0 Å². The van der Waals surface area contributed by atoms with Crippen LogP contribution < -0.4 is 4.74 Å². The minimum atomic E-state index is 0.397. The van der Waals surface area contributed by atoms with Gasteiger partial charge in [0.1, 0.15) is 11.3 Å². The summed E-state index contributed by atoms with van der Waals surface area (Å²) in [5, 5.41) is 7.53. The summed E-state index contributed by atoms with van der Waals surface area (Å²) in [6.07, 6.45) is 1.98. The number of nitrogens with zero attached hydrogens (tertiary/aromatic N) is 3. The number of benzene rings is 2. The molecular weight excluding hydrogens is 345 g/mol. The molecule has 0 aliphatic rings. The maximum atomic E-state index is 6.30. The molecule has 0 aliphatic carbocycles. The lowest BCUT2D eigenvalue weighted by Gasteiger charge is -2.03. The second kappa shape index (κ2) is 5.96. The van der Waals surface area contributed by atoms with Crippen LogP contribution in [0.2, 0.25) is 10.2 Å². The summed E-state index contributed by atoms with van der Waals surface area (Å²) in [5.74, 6) is 0.831. The highest BCUT2D eigenvalue weighted by Crippen LogP contribution is 2.30. The van der Waals surface area contributed by atoms with E-state index in [4.69, 9.17) is 27.9 Å². The van der Waals surface area contributed by atoms with Crippen LogP contribution in [0.3, 0.4) is 0 Å². The number of ether oxygens (including phenoxy) is 1. The largest absolute Gasteiger partial charge is 0.497 e. The summed E-state index contributed by atoms with van der Waals surface area (Å²) in [6.45, 7) is 0.636. The average Bonchev–Trinajstić information content (AvgIpc) is 3.01. The third-order valence-electron chi connectivity index (χ3n) is 3.93. The number of pyridine rings is 1. The van der Waals surface area contributed by atoms with Crippen LogP contribution in [0.5, 0.6) is 5.75 Å². The Morgan fingerprint density at radius 2 is 1.83 bits per heavy atom. The van der Waals surface area contributed by atoms with E-state index >= 15 is 0 Å². The molecule has 2 heterocycles. The van der Waals surface area contributed by atoms with Gasteiger partial charge in [-0.05, 0) is 35.9 Å². The van der Waals surface area contributed by atoms with Crippen molar-refractivity contribution >= 4 is 45.0 Å². The highest BCUT2D eigenvalue weighted by atomic mass is 35.5. The zero-order valence-corrected chi connectivity index (χ0v) is 14.3. The van der Waals surface area contributed by atoms with Gasteiger partial charge in [-0.2, -0.15) is 5.10 Å². The van der Waals surface area contributed by atoms with E-state index in [0.29, 0.717) is 22.2 Å². The van der Waals surface area contributed by atoms with Crippen molar-refractivity contribution in [1.29, 1.82) is 0 Å². The normalized spacial score (nSPS) is 11.3. The Labute approximate surface area is 148 Å². The highest BCUT2D eigenvalue weighted by molar-refractivity contribution is 6.36. The number of rotatable bonds is 3. The van der Waals surface area contributed by atoms with Crippen LogP contribution in [-0.4, -0.2) is 21.9 Å². The van der Waals surface area contributed by atoms with E-state index in [1.807, 2.05) is 47.3 Å². The molecule has 0 bridgehead atoms. The van der Waals surface area contributed by atoms with Gasteiger partial charge in [0.15, 0.2) is 5.15 Å². The van der Waals surface area contributed by atoms with Gasteiger partial charge in [-0.25, -0.2) is 4.98 Å². The molecule has 0 fully saturated rings. The van der Waals surface area contributed by atoms with Crippen molar-refractivity contribution in [3.8, 4) is 5.75 Å². The van der Waals surface area contributed by atoms with Gasteiger partial charge in [-0.1, -0.05) is 35.3 Å². The molecule has 2 aromatic heterocycles. The molecule has 24 heavy (non-hydrogen) atoms. The monoisotopic (exact) mass is 357 g/mol. The predicted octanol–water partition coefficient (Wildman–Crippen LogP) is 4.95. The van der Waals surface area contributed by atoms with E-state index in [1.165, 1.54) is 0 Å². The van der Waals surface area contributed by atoms with Crippen molar-refractivity contribution in [3.05, 3.63) is 64.4 Å². The minimum absolute atomic E-state index is 0.397. The molecule has 4 nitrogen and oxygen atoms in total. The molecule has 0 N–H and O–H groups in total. The van der Waals surface area contributed by atoms with Gasteiger partial charge in [-0.15, -0.1) is 0 Å². The van der Waals surface area contributed by atoms with Crippen LogP contribution in [0.4, 0.5) is 0 Å². The minimum Gasteiger partial charge on any atom is -0.497 e. The Kier molecular flexibility index (Phi) is 3.79. The molecule has 0 unspecified atom stereocenters. The zero-order valence-electron chi connectivity index (χ0n) is 12.8. The number of hydrogen-bond acceptors (Lipinski definition) is 3. The molecule has 0 saturated carbocycles. The smallest absolute Gasteiger partial charge is 0.157 e. The Morgan fingerprint density at radius 1 is 1.04 bits per heavy atom. The van der Waals surface area contributed by atoms with Crippen molar-refractivity contribution in [2.24, 2.45) is 0 Å². The van der Waals surface area contributed by atoms with Crippen LogP contribution >= 0.6 is 23.2 Å². The molecule has 0 amide bonds. The first kappa shape index (κ1) is 15.2.